The lowest BCUT2D eigenvalue weighted by molar-refractivity contribution is -0.124. The fourth-order valence-electron chi connectivity index (χ4n) is 2.44. The quantitative estimate of drug-likeness (QED) is 0.817. The van der Waals surface area contributed by atoms with Crippen molar-refractivity contribution in [3.8, 4) is 11.4 Å². The monoisotopic (exact) mass is 317 g/mol. The maximum Gasteiger partial charge on any atom is 0.439 e. The van der Waals surface area contributed by atoms with Gasteiger partial charge in [0.05, 0.1) is 6.04 Å². The Labute approximate surface area is 135 Å². The van der Waals surface area contributed by atoms with Gasteiger partial charge in [-0.15, -0.1) is 0 Å². The van der Waals surface area contributed by atoms with E-state index in [1.54, 1.807) is 0 Å². The van der Waals surface area contributed by atoms with E-state index in [4.69, 9.17) is 0 Å². The minimum Gasteiger partial charge on any atom is -0.305 e. The molecule has 0 saturated heterocycles. The van der Waals surface area contributed by atoms with Crippen LogP contribution in [0.25, 0.3) is 11.4 Å². The minimum atomic E-state index is -0.576. The molecular formula is C17H23N3O3. The Morgan fingerprint density at radius 1 is 1.22 bits per heavy atom. The van der Waals surface area contributed by atoms with Crippen molar-refractivity contribution >= 4 is 5.78 Å². The van der Waals surface area contributed by atoms with Gasteiger partial charge in [-0.05, 0) is 12.0 Å². The minimum absolute atomic E-state index is 0.00858. The predicted molar refractivity (Wildman–Crippen MR) is 88.2 cm³/mol. The molecule has 23 heavy (non-hydrogen) atoms. The number of rotatable bonds is 7. The van der Waals surface area contributed by atoms with E-state index in [-0.39, 0.29) is 23.8 Å². The van der Waals surface area contributed by atoms with Crippen molar-refractivity contribution in [2.24, 2.45) is 5.92 Å². The molecule has 0 unspecified atom stereocenters. The summed E-state index contributed by atoms with van der Waals surface area (Å²) in [6.07, 6.45) is 0.630. The number of ketones is 1. The van der Waals surface area contributed by atoms with Gasteiger partial charge in [-0.2, -0.15) is 0 Å². The van der Waals surface area contributed by atoms with Crippen LogP contribution < -0.4 is 11.1 Å². The Kier molecular flexibility index (Phi) is 5.50. The molecule has 0 bridgehead atoms. The van der Waals surface area contributed by atoms with Crippen LogP contribution in [0.3, 0.4) is 0 Å². The summed E-state index contributed by atoms with van der Waals surface area (Å²) >= 11 is 0. The van der Waals surface area contributed by atoms with Gasteiger partial charge < -0.3 is 5.32 Å². The first kappa shape index (κ1) is 17.1. The van der Waals surface area contributed by atoms with Gasteiger partial charge in [-0.1, -0.05) is 57.1 Å². The number of H-pyrrole nitrogens is 1. The predicted octanol–water partition coefficient (Wildman–Crippen LogP) is 2.16. The SMILES string of the molecule is CC(C)N[C@@H](Cc1ccc(-c2noc(=O)[nH]2)cc1)C(=O)C(C)C. The molecule has 6 heteroatoms. The number of hydrogen-bond donors (Lipinski definition) is 2. The van der Waals surface area contributed by atoms with Crippen molar-refractivity contribution in [2.75, 3.05) is 0 Å². The van der Waals surface area contributed by atoms with Crippen molar-refractivity contribution in [1.29, 1.82) is 0 Å². The average Bonchev–Trinajstić information content (AvgIpc) is 2.92. The van der Waals surface area contributed by atoms with Gasteiger partial charge in [0.25, 0.3) is 0 Å². The Hall–Kier alpha value is -2.21. The summed E-state index contributed by atoms with van der Waals surface area (Å²) < 4.78 is 4.50. The summed E-state index contributed by atoms with van der Waals surface area (Å²) in [6.45, 7) is 7.90. The number of carbonyl (C=O) groups excluding carboxylic acids is 1. The second-order valence-corrected chi connectivity index (χ2v) is 6.28. The Bertz CT molecular complexity index is 698. The Morgan fingerprint density at radius 2 is 1.87 bits per heavy atom. The van der Waals surface area contributed by atoms with Crippen molar-refractivity contribution in [3.63, 3.8) is 0 Å². The topological polar surface area (TPSA) is 88.0 Å². The van der Waals surface area contributed by atoms with E-state index in [1.807, 2.05) is 52.0 Å². The molecular weight excluding hydrogens is 294 g/mol. The molecule has 124 valence electrons. The molecule has 2 aromatic rings. The van der Waals surface area contributed by atoms with E-state index in [0.29, 0.717) is 12.2 Å². The molecule has 2 N–H and O–H groups in total. The zero-order chi connectivity index (χ0) is 17.0. The van der Waals surface area contributed by atoms with Crippen LogP contribution in [0.15, 0.2) is 33.6 Å². The first-order valence-electron chi connectivity index (χ1n) is 7.82. The molecule has 2 rings (SSSR count). The molecule has 0 aliphatic heterocycles. The van der Waals surface area contributed by atoms with Crippen LogP contribution in [0, 0.1) is 5.92 Å². The standard InChI is InChI=1S/C17H23N3O3/c1-10(2)15(21)14(18-11(3)4)9-12-5-7-13(8-6-12)16-19-17(22)23-20-16/h5-8,10-11,14,18H,9H2,1-4H3,(H,19,20,22)/t14-/m0/s1. The first-order chi connectivity index (χ1) is 10.9. The van der Waals surface area contributed by atoms with Crippen LogP contribution in [-0.2, 0) is 11.2 Å². The van der Waals surface area contributed by atoms with Gasteiger partial charge in [-0.3, -0.25) is 14.3 Å². The number of benzene rings is 1. The van der Waals surface area contributed by atoms with Crippen LogP contribution in [0.1, 0.15) is 33.3 Å². The number of nitrogens with zero attached hydrogens (tertiary/aromatic N) is 1. The summed E-state index contributed by atoms with van der Waals surface area (Å²) in [5.41, 5.74) is 1.81. The molecule has 0 aliphatic rings. The van der Waals surface area contributed by atoms with Gasteiger partial charge in [-0.25, -0.2) is 4.79 Å². The van der Waals surface area contributed by atoms with Crippen LogP contribution >= 0.6 is 0 Å². The highest BCUT2D eigenvalue weighted by Gasteiger charge is 2.22. The summed E-state index contributed by atoms with van der Waals surface area (Å²) in [5.74, 6) is 0.0267. The second-order valence-electron chi connectivity index (χ2n) is 6.28. The summed E-state index contributed by atoms with van der Waals surface area (Å²) in [6, 6.07) is 7.62. The second kappa shape index (κ2) is 7.37. The maximum absolute atomic E-state index is 12.3. The van der Waals surface area contributed by atoms with Crippen molar-refractivity contribution in [2.45, 2.75) is 46.2 Å². The number of aromatic nitrogens is 2. The van der Waals surface area contributed by atoms with Gasteiger partial charge in [0.15, 0.2) is 11.6 Å². The lowest BCUT2D eigenvalue weighted by Gasteiger charge is -2.22. The molecule has 6 nitrogen and oxygen atoms in total. The van der Waals surface area contributed by atoms with Crippen LogP contribution in [0.2, 0.25) is 0 Å². The highest BCUT2D eigenvalue weighted by molar-refractivity contribution is 5.86. The van der Waals surface area contributed by atoms with Gasteiger partial charge in [0.1, 0.15) is 0 Å². The fourth-order valence-corrected chi connectivity index (χ4v) is 2.44. The fraction of sp³-hybridized carbons (Fsp3) is 0.471. The van der Waals surface area contributed by atoms with Crippen LogP contribution in [0.4, 0.5) is 0 Å². The van der Waals surface area contributed by atoms with Gasteiger partial charge >= 0.3 is 5.76 Å². The summed E-state index contributed by atoms with van der Waals surface area (Å²) in [5, 5.41) is 6.99. The zero-order valence-electron chi connectivity index (χ0n) is 13.9. The highest BCUT2D eigenvalue weighted by Crippen LogP contribution is 2.16. The third-order valence-electron chi connectivity index (χ3n) is 3.55. The van der Waals surface area contributed by atoms with E-state index in [0.717, 1.165) is 11.1 Å². The first-order valence-corrected chi connectivity index (χ1v) is 7.82. The lowest BCUT2D eigenvalue weighted by atomic mass is 9.94. The summed E-state index contributed by atoms with van der Waals surface area (Å²) in [7, 11) is 0. The third kappa shape index (κ3) is 4.63. The molecule has 0 fully saturated rings. The summed E-state index contributed by atoms with van der Waals surface area (Å²) in [4.78, 5) is 25.8. The third-order valence-corrected chi connectivity index (χ3v) is 3.55. The molecule has 0 aliphatic carbocycles. The average molecular weight is 317 g/mol. The number of nitrogens with one attached hydrogen (secondary N) is 2. The Morgan fingerprint density at radius 3 is 2.35 bits per heavy atom. The van der Waals surface area contributed by atoms with E-state index in [9.17, 15) is 9.59 Å². The maximum atomic E-state index is 12.3. The molecule has 0 spiro atoms. The number of carbonyl (C=O) groups is 1. The smallest absolute Gasteiger partial charge is 0.305 e. The molecule has 0 radical (unpaired) electrons. The van der Waals surface area contributed by atoms with E-state index < -0.39 is 5.76 Å². The van der Waals surface area contributed by atoms with Crippen molar-refractivity contribution < 1.29 is 9.32 Å². The highest BCUT2D eigenvalue weighted by atomic mass is 16.5. The van der Waals surface area contributed by atoms with Gasteiger partial charge in [0.2, 0.25) is 0 Å². The number of hydrogen-bond acceptors (Lipinski definition) is 5. The lowest BCUT2D eigenvalue weighted by Crippen LogP contribution is -2.44. The van der Waals surface area contributed by atoms with Crippen molar-refractivity contribution in [1.82, 2.24) is 15.5 Å². The zero-order valence-corrected chi connectivity index (χ0v) is 13.9. The molecule has 1 aromatic heterocycles. The van der Waals surface area contributed by atoms with Crippen LogP contribution in [0.5, 0.6) is 0 Å². The number of aromatic amines is 1. The molecule has 1 heterocycles. The van der Waals surface area contributed by atoms with E-state index in [1.165, 1.54) is 0 Å². The van der Waals surface area contributed by atoms with Crippen LogP contribution in [-0.4, -0.2) is 28.0 Å². The Balaban J connectivity index is 2.13. The molecule has 0 amide bonds. The van der Waals surface area contributed by atoms with E-state index >= 15 is 0 Å². The number of Topliss-reactive ketones (excluding diaryl/α,β-unsaturated/α-hetero) is 1. The van der Waals surface area contributed by atoms with Crippen molar-refractivity contribution in [3.05, 3.63) is 40.4 Å². The molecule has 1 atom stereocenters. The van der Waals surface area contributed by atoms with E-state index in [2.05, 4.69) is 20.0 Å². The largest absolute Gasteiger partial charge is 0.439 e. The normalized spacial score (nSPS) is 12.8. The van der Waals surface area contributed by atoms with Gasteiger partial charge in [0, 0.05) is 17.5 Å². The molecule has 0 saturated carbocycles. The molecule has 1 aromatic carbocycles.